The first-order valence-electron chi connectivity index (χ1n) is 5.60. The Morgan fingerprint density at radius 1 is 1.31 bits per heavy atom. The number of ether oxygens (including phenoxy) is 2. The van der Waals surface area contributed by atoms with Crippen LogP contribution in [0.4, 0.5) is 0 Å². The highest BCUT2D eigenvalue weighted by molar-refractivity contribution is 5.38. The summed E-state index contributed by atoms with van der Waals surface area (Å²) >= 11 is 0. The predicted molar refractivity (Wildman–Crippen MR) is 59.2 cm³/mol. The Morgan fingerprint density at radius 3 is 2.94 bits per heavy atom. The monoisotopic (exact) mass is 218 g/mol. The molecule has 1 aromatic carbocycles. The summed E-state index contributed by atoms with van der Waals surface area (Å²) in [6.45, 7) is 0.673. The molecule has 84 valence electrons. The molecule has 0 radical (unpaired) electrons. The Morgan fingerprint density at radius 2 is 2.19 bits per heavy atom. The van der Waals surface area contributed by atoms with E-state index in [1.165, 1.54) is 0 Å². The fourth-order valence-corrected chi connectivity index (χ4v) is 2.21. The van der Waals surface area contributed by atoms with E-state index in [0.717, 1.165) is 24.2 Å². The molecule has 0 aromatic heterocycles. The van der Waals surface area contributed by atoms with Gasteiger partial charge < -0.3 is 14.6 Å². The molecule has 3 nitrogen and oxygen atoms in total. The van der Waals surface area contributed by atoms with Crippen molar-refractivity contribution in [2.24, 2.45) is 0 Å². The normalized spacial score (nSPS) is 24.3. The van der Waals surface area contributed by atoms with Crippen LogP contribution in [0.5, 0.6) is 5.75 Å². The number of aliphatic hydroxyl groups is 1. The summed E-state index contributed by atoms with van der Waals surface area (Å²) < 4.78 is 11.1. The highest BCUT2D eigenvalue weighted by atomic mass is 16.5. The molecular weight excluding hydrogens is 204 g/mol. The number of fused-ring (bicyclic) bond motifs is 1. The van der Waals surface area contributed by atoms with E-state index in [1.807, 2.05) is 30.3 Å². The molecule has 2 heterocycles. The molecule has 0 spiro atoms. The average molecular weight is 218 g/mol. The van der Waals surface area contributed by atoms with Gasteiger partial charge in [-0.25, -0.2) is 0 Å². The lowest BCUT2D eigenvalue weighted by Gasteiger charge is -2.18. The van der Waals surface area contributed by atoms with Crippen molar-refractivity contribution in [2.45, 2.75) is 25.0 Å². The molecule has 16 heavy (non-hydrogen) atoms. The number of benzene rings is 1. The molecular formula is C13H14O3. The van der Waals surface area contributed by atoms with Gasteiger partial charge in [-0.3, -0.25) is 0 Å². The third-order valence-corrected chi connectivity index (χ3v) is 3.05. The van der Waals surface area contributed by atoms with Gasteiger partial charge in [-0.05, 0) is 17.7 Å². The van der Waals surface area contributed by atoms with Crippen molar-refractivity contribution in [3.8, 4) is 5.75 Å². The van der Waals surface area contributed by atoms with Crippen molar-refractivity contribution >= 4 is 0 Å². The van der Waals surface area contributed by atoms with Gasteiger partial charge in [0, 0.05) is 12.8 Å². The number of hydrogen-bond acceptors (Lipinski definition) is 3. The summed E-state index contributed by atoms with van der Waals surface area (Å²) in [5.74, 6) is 1.54. The molecule has 1 N–H and O–H groups in total. The average Bonchev–Trinajstić information content (AvgIpc) is 2.97. The van der Waals surface area contributed by atoms with Crippen molar-refractivity contribution in [3.63, 3.8) is 0 Å². The van der Waals surface area contributed by atoms with Gasteiger partial charge in [-0.15, -0.1) is 0 Å². The van der Waals surface area contributed by atoms with E-state index in [9.17, 15) is 5.11 Å². The maximum Gasteiger partial charge on any atom is 0.148 e. The van der Waals surface area contributed by atoms with Gasteiger partial charge in [0.1, 0.15) is 23.7 Å². The number of rotatable bonds is 2. The van der Waals surface area contributed by atoms with E-state index >= 15 is 0 Å². The van der Waals surface area contributed by atoms with Crippen molar-refractivity contribution in [1.82, 2.24) is 0 Å². The highest BCUT2D eigenvalue weighted by Gasteiger charge is 2.32. The molecule has 2 atom stereocenters. The lowest BCUT2D eigenvalue weighted by atomic mass is 10.1. The van der Waals surface area contributed by atoms with Gasteiger partial charge in [-0.2, -0.15) is 0 Å². The summed E-state index contributed by atoms with van der Waals surface area (Å²) in [6, 6.07) is 7.90. The Hall–Kier alpha value is -1.48. The van der Waals surface area contributed by atoms with Crippen molar-refractivity contribution in [2.75, 3.05) is 6.61 Å². The number of para-hydroxylation sites is 1. The maximum atomic E-state index is 10.1. The number of hydrogen-bond donors (Lipinski definition) is 1. The van der Waals surface area contributed by atoms with Crippen LogP contribution < -0.4 is 4.74 Å². The lowest BCUT2D eigenvalue weighted by Crippen LogP contribution is -2.32. The van der Waals surface area contributed by atoms with E-state index in [2.05, 4.69) is 0 Å². The Kier molecular flexibility index (Phi) is 2.33. The van der Waals surface area contributed by atoms with E-state index in [4.69, 9.17) is 9.47 Å². The largest absolute Gasteiger partial charge is 0.495 e. The van der Waals surface area contributed by atoms with Gasteiger partial charge in [0.2, 0.25) is 0 Å². The first kappa shape index (κ1) is 9.73. The van der Waals surface area contributed by atoms with Gasteiger partial charge in [0.05, 0.1) is 6.61 Å². The second-order valence-corrected chi connectivity index (χ2v) is 4.16. The quantitative estimate of drug-likeness (QED) is 0.820. The van der Waals surface area contributed by atoms with Crippen LogP contribution in [-0.2, 0) is 11.2 Å². The minimum Gasteiger partial charge on any atom is -0.495 e. The second kappa shape index (κ2) is 3.83. The fourth-order valence-electron chi connectivity index (χ4n) is 2.21. The van der Waals surface area contributed by atoms with Gasteiger partial charge in [0.15, 0.2) is 0 Å². The maximum absolute atomic E-state index is 10.1. The van der Waals surface area contributed by atoms with Crippen LogP contribution in [0.25, 0.3) is 0 Å². The van der Waals surface area contributed by atoms with E-state index in [-0.39, 0.29) is 6.10 Å². The van der Waals surface area contributed by atoms with Crippen LogP contribution in [0.15, 0.2) is 36.1 Å². The summed E-state index contributed by atoms with van der Waals surface area (Å²) in [6.07, 6.45) is 2.72. The van der Waals surface area contributed by atoms with E-state index in [0.29, 0.717) is 12.4 Å². The molecule has 0 aliphatic carbocycles. The van der Waals surface area contributed by atoms with Crippen molar-refractivity contribution in [1.29, 1.82) is 0 Å². The fraction of sp³-hybridized carbons (Fsp3) is 0.385. The van der Waals surface area contributed by atoms with Crippen molar-refractivity contribution in [3.05, 3.63) is 41.7 Å². The Labute approximate surface area is 94.3 Å². The topological polar surface area (TPSA) is 38.7 Å². The number of aliphatic hydroxyl groups excluding tert-OH is 1. The van der Waals surface area contributed by atoms with Crippen LogP contribution >= 0.6 is 0 Å². The molecule has 0 saturated heterocycles. The minimum absolute atomic E-state index is 0.207. The Bertz CT molecular complexity index is 400. The van der Waals surface area contributed by atoms with Crippen LogP contribution in [0.2, 0.25) is 0 Å². The zero-order valence-electron chi connectivity index (χ0n) is 8.93. The summed E-state index contributed by atoms with van der Waals surface area (Å²) in [5, 5.41) is 10.1. The van der Waals surface area contributed by atoms with E-state index in [1.54, 1.807) is 0 Å². The van der Waals surface area contributed by atoms with E-state index < -0.39 is 6.10 Å². The van der Waals surface area contributed by atoms with Crippen LogP contribution in [0, 0.1) is 0 Å². The molecule has 2 aliphatic rings. The zero-order chi connectivity index (χ0) is 11.0. The minimum atomic E-state index is -0.644. The SMILES string of the molecule is OC(C1=CCCO1)C1Cc2ccccc2O1. The summed E-state index contributed by atoms with van der Waals surface area (Å²) in [4.78, 5) is 0. The Balaban J connectivity index is 1.75. The smallest absolute Gasteiger partial charge is 0.148 e. The van der Waals surface area contributed by atoms with Gasteiger partial charge in [0.25, 0.3) is 0 Å². The third-order valence-electron chi connectivity index (χ3n) is 3.05. The molecule has 2 aliphatic heterocycles. The summed E-state index contributed by atoms with van der Waals surface area (Å²) in [7, 11) is 0. The summed E-state index contributed by atoms with van der Waals surface area (Å²) in [5.41, 5.74) is 1.16. The first-order chi connectivity index (χ1) is 7.84. The van der Waals surface area contributed by atoms with Crippen LogP contribution in [0.3, 0.4) is 0 Å². The van der Waals surface area contributed by atoms with Gasteiger partial charge >= 0.3 is 0 Å². The molecule has 1 aromatic rings. The third kappa shape index (κ3) is 1.57. The standard InChI is InChI=1S/C13H14O3/c14-13(11-6-3-7-15-11)12-8-9-4-1-2-5-10(9)16-12/h1-2,4-6,12-14H,3,7-8H2. The van der Waals surface area contributed by atoms with Gasteiger partial charge in [-0.1, -0.05) is 18.2 Å². The van der Waals surface area contributed by atoms with Crippen LogP contribution in [-0.4, -0.2) is 23.9 Å². The van der Waals surface area contributed by atoms with Crippen molar-refractivity contribution < 1.29 is 14.6 Å². The molecule has 3 rings (SSSR count). The van der Waals surface area contributed by atoms with Crippen LogP contribution in [0.1, 0.15) is 12.0 Å². The first-order valence-corrected chi connectivity index (χ1v) is 5.60. The molecule has 0 fully saturated rings. The molecule has 0 amide bonds. The molecule has 0 saturated carbocycles. The molecule has 3 heteroatoms. The molecule has 2 unspecified atom stereocenters. The highest BCUT2D eigenvalue weighted by Crippen LogP contribution is 2.31. The lowest BCUT2D eigenvalue weighted by molar-refractivity contribution is 0.0336. The molecule has 0 bridgehead atoms. The predicted octanol–water partition coefficient (Wildman–Crippen LogP) is 1.66. The second-order valence-electron chi connectivity index (χ2n) is 4.16. The zero-order valence-corrected chi connectivity index (χ0v) is 8.93.